The minimum Gasteiger partial charge on any atom is -0.458 e. The number of aromatic nitrogens is 1. The minimum absolute atomic E-state index is 0.0313. The Labute approximate surface area is 125 Å². The normalized spacial score (nSPS) is 13.1. The Hall–Kier alpha value is -1.85. The fourth-order valence-corrected chi connectivity index (χ4v) is 1.78. The van der Waals surface area contributed by atoms with Crippen molar-refractivity contribution in [1.82, 2.24) is 10.5 Å². The van der Waals surface area contributed by atoms with Gasteiger partial charge in [-0.1, -0.05) is 19.0 Å². The summed E-state index contributed by atoms with van der Waals surface area (Å²) in [6, 6.07) is -0.744. The number of esters is 1. The number of nitrogens with zero attached hydrogens (tertiary/aromatic N) is 1. The summed E-state index contributed by atoms with van der Waals surface area (Å²) in [4.78, 5) is 24.2. The van der Waals surface area contributed by atoms with Gasteiger partial charge in [0.1, 0.15) is 17.2 Å². The van der Waals surface area contributed by atoms with Gasteiger partial charge in [-0.15, -0.1) is 0 Å². The maximum Gasteiger partial charge on any atom is 0.328 e. The van der Waals surface area contributed by atoms with Gasteiger partial charge in [-0.3, -0.25) is 4.79 Å². The molecule has 118 valence electrons. The Bertz CT molecular complexity index is 526. The largest absolute Gasteiger partial charge is 0.458 e. The summed E-state index contributed by atoms with van der Waals surface area (Å²) in [7, 11) is 0. The smallest absolute Gasteiger partial charge is 0.328 e. The third-order valence-electron chi connectivity index (χ3n) is 2.75. The molecule has 21 heavy (non-hydrogen) atoms. The molecule has 0 aliphatic carbocycles. The van der Waals surface area contributed by atoms with Gasteiger partial charge in [0.25, 0.3) is 5.91 Å². The average molecular weight is 296 g/mol. The third-order valence-corrected chi connectivity index (χ3v) is 2.75. The first kappa shape index (κ1) is 17.2. The van der Waals surface area contributed by atoms with E-state index in [0.29, 0.717) is 17.0 Å². The Morgan fingerprint density at radius 2 is 1.81 bits per heavy atom. The van der Waals surface area contributed by atoms with Crippen LogP contribution >= 0.6 is 0 Å². The van der Waals surface area contributed by atoms with Gasteiger partial charge in [0, 0.05) is 5.92 Å². The molecule has 0 unspecified atom stereocenters. The number of hydrogen-bond acceptors (Lipinski definition) is 5. The molecule has 6 heteroatoms. The summed E-state index contributed by atoms with van der Waals surface area (Å²) >= 11 is 0. The van der Waals surface area contributed by atoms with E-state index in [2.05, 4.69) is 10.5 Å². The van der Waals surface area contributed by atoms with Gasteiger partial charge < -0.3 is 14.6 Å². The fraction of sp³-hybridized carbons (Fsp3) is 0.667. The van der Waals surface area contributed by atoms with E-state index < -0.39 is 17.6 Å². The molecule has 0 aliphatic heterocycles. The SMILES string of the molecule is Cc1noc(C(C)C)c1C(=O)N[C@@H](C)C(=O)OC(C)(C)C. The highest BCUT2D eigenvalue weighted by atomic mass is 16.6. The third kappa shape index (κ3) is 4.58. The summed E-state index contributed by atoms with van der Waals surface area (Å²) in [6.07, 6.45) is 0. The molecule has 1 amide bonds. The molecule has 0 radical (unpaired) electrons. The topological polar surface area (TPSA) is 81.4 Å². The van der Waals surface area contributed by atoms with Crippen molar-refractivity contribution in [3.05, 3.63) is 17.0 Å². The Morgan fingerprint density at radius 1 is 1.24 bits per heavy atom. The highest BCUT2D eigenvalue weighted by Gasteiger charge is 2.27. The molecule has 0 saturated heterocycles. The number of carbonyl (C=O) groups excluding carboxylic acids is 2. The summed E-state index contributed by atoms with van der Waals surface area (Å²) in [5.74, 6) is -0.308. The van der Waals surface area contributed by atoms with Gasteiger partial charge in [-0.25, -0.2) is 4.79 Å². The van der Waals surface area contributed by atoms with Crippen LogP contribution in [0.25, 0.3) is 0 Å². The Morgan fingerprint density at radius 3 is 2.29 bits per heavy atom. The molecule has 1 aromatic rings. The lowest BCUT2D eigenvalue weighted by atomic mass is 10.0. The van der Waals surface area contributed by atoms with Gasteiger partial charge >= 0.3 is 5.97 Å². The molecular formula is C15H24N2O4. The molecular weight excluding hydrogens is 272 g/mol. The van der Waals surface area contributed by atoms with Gasteiger partial charge in [0.2, 0.25) is 0 Å². The number of carbonyl (C=O) groups is 2. The van der Waals surface area contributed by atoms with Crippen LogP contribution in [-0.2, 0) is 9.53 Å². The fourth-order valence-electron chi connectivity index (χ4n) is 1.78. The van der Waals surface area contributed by atoms with Crippen molar-refractivity contribution in [2.24, 2.45) is 0 Å². The van der Waals surface area contributed by atoms with Crippen molar-refractivity contribution in [2.45, 2.75) is 66.0 Å². The second kappa shape index (κ2) is 6.28. The molecule has 1 aromatic heterocycles. The Balaban J connectivity index is 2.82. The van der Waals surface area contributed by atoms with E-state index in [1.165, 1.54) is 0 Å². The van der Waals surface area contributed by atoms with E-state index in [4.69, 9.17) is 9.26 Å². The second-order valence-electron chi connectivity index (χ2n) is 6.39. The number of ether oxygens (including phenoxy) is 1. The van der Waals surface area contributed by atoms with E-state index in [1.54, 1.807) is 34.6 Å². The van der Waals surface area contributed by atoms with Crippen LogP contribution in [-0.4, -0.2) is 28.7 Å². The second-order valence-corrected chi connectivity index (χ2v) is 6.39. The highest BCUT2D eigenvalue weighted by Crippen LogP contribution is 2.22. The molecule has 1 heterocycles. The van der Waals surface area contributed by atoms with Gasteiger partial charge in [0.05, 0.1) is 5.69 Å². The zero-order valence-corrected chi connectivity index (χ0v) is 13.7. The molecule has 0 bridgehead atoms. The summed E-state index contributed by atoms with van der Waals surface area (Å²) in [5.41, 5.74) is 0.305. The molecule has 0 aliphatic rings. The van der Waals surface area contributed by atoms with Crippen molar-refractivity contribution in [3.63, 3.8) is 0 Å². The van der Waals surface area contributed by atoms with E-state index in [0.717, 1.165) is 0 Å². The maximum atomic E-state index is 12.3. The van der Waals surface area contributed by atoms with Gasteiger partial charge in [0.15, 0.2) is 5.76 Å². The molecule has 6 nitrogen and oxygen atoms in total. The van der Waals surface area contributed by atoms with Gasteiger partial charge in [-0.2, -0.15) is 0 Å². The zero-order chi connectivity index (χ0) is 16.4. The van der Waals surface area contributed by atoms with Crippen LogP contribution in [0.3, 0.4) is 0 Å². The van der Waals surface area contributed by atoms with Crippen molar-refractivity contribution in [2.75, 3.05) is 0 Å². The van der Waals surface area contributed by atoms with Crippen LogP contribution in [0.4, 0.5) is 0 Å². The number of amides is 1. The lowest BCUT2D eigenvalue weighted by Crippen LogP contribution is -2.42. The predicted octanol–water partition coefficient (Wildman–Crippen LogP) is 2.57. The van der Waals surface area contributed by atoms with Crippen LogP contribution in [0, 0.1) is 6.92 Å². The van der Waals surface area contributed by atoms with E-state index >= 15 is 0 Å². The molecule has 1 N–H and O–H groups in total. The number of hydrogen-bond donors (Lipinski definition) is 1. The lowest BCUT2D eigenvalue weighted by Gasteiger charge is -2.22. The van der Waals surface area contributed by atoms with E-state index in [1.807, 2.05) is 13.8 Å². The quantitative estimate of drug-likeness (QED) is 0.864. The predicted molar refractivity (Wildman–Crippen MR) is 78.1 cm³/mol. The molecule has 1 rings (SSSR count). The van der Waals surface area contributed by atoms with Gasteiger partial charge in [-0.05, 0) is 34.6 Å². The van der Waals surface area contributed by atoms with Crippen LogP contribution in [0.5, 0.6) is 0 Å². The maximum absolute atomic E-state index is 12.3. The molecule has 0 spiro atoms. The lowest BCUT2D eigenvalue weighted by molar-refractivity contribution is -0.156. The summed E-state index contributed by atoms with van der Waals surface area (Å²) < 4.78 is 10.4. The first-order valence-corrected chi connectivity index (χ1v) is 7.02. The van der Waals surface area contributed by atoms with Crippen molar-refractivity contribution < 1.29 is 18.8 Å². The molecule has 0 fully saturated rings. The average Bonchev–Trinajstić information content (AvgIpc) is 2.68. The van der Waals surface area contributed by atoms with Crippen LogP contribution in [0.2, 0.25) is 0 Å². The first-order valence-electron chi connectivity index (χ1n) is 7.02. The highest BCUT2D eigenvalue weighted by molar-refractivity contribution is 5.98. The van der Waals surface area contributed by atoms with Crippen molar-refractivity contribution in [1.29, 1.82) is 0 Å². The monoisotopic (exact) mass is 296 g/mol. The standard InChI is InChI=1S/C15H24N2O4/c1-8(2)12-11(9(3)17-21-12)13(18)16-10(4)14(19)20-15(5,6)7/h8,10H,1-7H3,(H,16,18)/t10-/m0/s1. The molecule has 0 saturated carbocycles. The zero-order valence-electron chi connectivity index (χ0n) is 13.7. The van der Waals surface area contributed by atoms with Crippen LogP contribution in [0.15, 0.2) is 4.52 Å². The number of aryl methyl sites for hydroxylation is 1. The molecule has 0 aromatic carbocycles. The van der Waals surface area contributed by atoms with Crippen LogP contribution < -0.4 is 5.32 Å². The van der Waals surface area contributed by atoms with Crippen molar-refractivity contribution >= 4 is 11.9 Å². The summed E-state index contributed by atoms with van der Waals surface area (Å²) in [5, 5.41) is 6.45. The number of nitrogens with one attached hydrogen (secondary N) is 1. The van der Waals surface area contributed by atoms with Crippen molar-refractivity contribution in [3.8, 4) is 0 Å². The summed E-state index contributed by atoms with van der Waals surface area (Å²) in [6.45, 7) is 12.4. The Kier molecular flexibility index (Phi) is 5.15. The van der Waals surface area contributed by atoms with Crippen LogP contribution in [0.1, 0.15) is 69.3 Å². The molecule has 1 atom stereocenters. The van der Waals surface area contributed by atoms with E-state index in [9.17, 15) is 9.59 Å². The number of rotatable bonds is 4. The van der Waals surface area contributed by atoms with E-state index in [-0.39, 0.29) is 11.8 Å². The first-order chi connectivity index (χ1) is 9.53. The minimum atomic E-state index is -0.744.